The van der Waals surface area contributed by atoms with Crippen molar-refractivity contribution in [3.63, 3.8) is 0 Å². The Labute approximate surface area is 204 Å². The predicted molar refractivity (Wildman–Crippen MR) is 128 cm³/mol. The first-order valence-electron chi connectivity index (χ1n) is 11.8. The monoisotopic (exact) mass is 494 g/mol. The SMILES string of the molecule is CCCSc1nc(N[C@H]2C[C@@H]2c2ccccc2)c2nnn([C@@H]3C[C@H](c4nnn[nH]4)[C@@H](O)[C@H]3O)c2n1. The zero-order valence-corrected chi connectivity index (χ0v) is 19.9. The van der Waals surface area contributed by atoms with Crippen LogP contribution in [0.1, 0.15) is 55.5 Å². The lowest BCUT2D eigenvalue weighted by molar-refractivity contribution is 0.0146. The molecule has 0 unspecified atom stereocenters. The minimum Gasteiger partial charge on any atom is -0.390 e. The number of hydrogen-bond acceptors (Lipinski definition) is 11. The molecule has 182 valence electrons. The Bertz CT molecular complexity index is 1300. The summed E-state index contributed by atoms with van der Waals surface area (Å²) in [4.78, 5) is 9.50. The van der Waals surface area contributed by atoms with Crippen molar-refractivity contribution >= 4 is 28.7 Å². The highest BCUT2D eigenvalue weighted by Crippen LogP contribution is 2.44. The summed E-state index contributed by atoms with van der Waals surface area (Å²) in [6, 6.07) is 10.2. The summed E-state index contributed by atoms with van der Waals surface area (Å²) in [7, 11) is 0. The Balaban J connectivity index is 1.32. The number of benzene rings is 1. The highest BCUT2D eigenvalue weighted by atomic mass is 32.2. The van der Waals surface area contributed by atoms with E-state index in [2.05, 4.69) is 67.4 Å². The van der Waals surface area contributed by atoms with Crippen LogP contribution in [-0.2, 0) is 0 Å². The maximum absolute atomic E-state index is 10.9. The first-order valence-corrected chi connectivity index (χ1v) is 12.8. The van der Waals surface area contributed by atoms with Crippen molar-refractivity contribution in [1.82, 2.24) is 45.6 Å². The number of aromatic amines is 1. The molecule has 0 aliphatic heterocycles. The Hall–Kier alpha value is -3.16. The summed E-state index contributed by atoms with van der Waals surface area (Å²) in [6.07, 6.45) is 0.285. The molecule has 13 heteroatoms. The Morgan fingerprint density at radius 2 is 1.94 bits per heavy atom. The number of anilines is 1. The minimum absolute atomic E-state index is 0.256. The van der Waals surface area contributed by atoms with Crippen molar-refractivity contribution in [2.45, 2.75) is 67.5 Å². The molecule has 6 rings (SSSR count). The van der Waals surface area contributed by atoms with Gasteiger partial charge in [0.1, 0.15) is 6.10 Å². The summed E-state index contributed by atoms with van der Waals surface area (Å²) in [5, 5.41) is 48.3. The maximum atomic E-state index is 10.9. The van der Waals surface area contributed by atoms with Crippen molar-refractivity contribution in [2.24, 2.45) is 0 Å². The van der Waals surface area contributed by atoms with Crippen LogP contribution in [0.2, 0.25) is 0 Å². The van der Waals surface area contributed by atoms with Gasteiger partial charge in [0.05, 0.1) is 18.1 Å². The Morgan fingerprint density at radius 3 is 2.71 bits per heavy atom. The molecule has 2 aliphatic carbocycles. The van der Waals surface area contributed by atoms with Crippen molar-refractivity contribution < 1.29 is 10.2 Å². The Morgan fingerprint density at radius 1 is 1.09 bits per heavy atom. The van der Waals surface area contributed by atoms with E-state index in [1.807, 2.05) is 6.07 Å². The standard InChI is InChI=1S/C22H26N10O2S/c1-2-8-35-22-24-20(23-14-9-12(14)11-6-4-3-5-7-11)16-21(25-22)32(31-26-16)15-10-13(17(33)18(15)34)19-27-29-30-28-19/h3-7,12-15,17-18,33-34H,2,8-10H2,1H3,(H,23,24,25)(H,27,28,29,30)/t12-,13+,14+,15-,17-,18+/m1/s1. The van der Waals surface area contributed by atoms with Gasteiger partial charge in [0, 0.05) is 17.7 Å². The molecule has 0 radical (unpaired) electrons. The number of nitrogens with one attached hydrogen (secondary N) is 2. The van der Waals surface area contributed by atoms with Crippen molar-refractivity contribution in [3.05, 3.63) is 41.7 Å². The van der Waals surface area contributed by atoms with E-state index in [9.17, 15) is 10.2 Å². The van der Waals surface area contributed by atoms with Crippen LogP contribution in [0.25, 0.3) is 11.2 Å². The lowest BCUT2D eigenvalue weighted by Gasteiger charge is -2.17. The van der Waals surface area contributed by atoms with Crippen LogP contribution in [0.5, 0.6) is 0 Å². The molecule has 3 aromatic heterocycles. The zero-order chi connectivity index (χ0) is 23.9. The molecule has 2 saturated carbocycles. The Kier molecular flexibility index (Phi) is 5.82. The molecule has 2 aliphatic rings. The second kappa shape index (κ2) is 9.13. The van der Waals surface area contributed by atoms with Gasteiger partial charge in [0.25, 0.3) is 0 Å². The molecule has 6 atom stereocenters. The first-order chi connectivity index (χ1) is 17.1. The summed E-state index contributed by atoms with van der Waals surface area (Å²) in [6.45, 7) is 2.11. The molecule has 0 saturated heterocycles. The average Bonchev–Trinajstić information content (AvgIpc) is 3.19. The van der Waals surface area contributed by atoms with E-state index in [4.69, 9.17) is 9.97 Å². The molecule has 0 bridgehead atoms. The number of fused-ring (bicyclic) bond motifs is 1. The fourth-order valence-electron chi connectivity index (χ4n) is 4.84. The van der Waals surface area contributed by atoms with E-state index in [1.165, 1.54) is 5.56 Å². The molecule has 0 amide bonds. The van der Waals surface area contributed by atoms with Gasteiger partial charge in [-0.3, -0.25) is 0 Å². The van der Waals surface area contributed by atoms with Crippen LogP contribution < -0.4 is 5.32 Å². The number of aromatic nitrogens is 9. The predicted octanol–water partition coefficient (Wildman–Crippen LogP) is 1.65. The number of aliphatic hydroxyl groups excluding tert-OH is 2. The van der Waals surface area contributed by atoms with E-state index < -0.39 is 24.2 Å². The second-order valence-corrected chi connectivity index (χ2v) is 10.2. The molecule has 4 aromatic rings. The topological polar surface area (TPSA) is 163 Å². The van der Waals surface area contributed by atoms with Crippen molar-refractivity contribution in [3.8, 4) is 0 Å². The number of rotatable bonds is 8. The van der Waals surface area contributed by atoms with Gasteiger partial charge in [0.2, 0.25) is 0 Å². The van der Waals surface area contributed by atoms with E-state index >= 15 is 0 Å². The number of aliphatic hydroxyl groups is 2. The van der Waals surface area contributed by atoms with Gasteiger partial charge < -0.3 is 15.5 Å². The van der Waals surface area contributed by atoms with Gasteiger partial charge in [-0.25, -0.2) is 19.7 Å². The van der Waals surface area contributed by atoms with Crippen LogP contribution in [0, 0.1) is 0 Å². The lowest BCUT2D eigenvalue weighted by atomic mass is 10.1. The van der Waals surface area contributed by atoms with Gasteiger partial charge in [-0.1, -0.05) is 54.2 Å². The molecule has 4 N–H and O–H groups in total. The van der Waals surface area contributed by atoms with Crippen molar-refractivity contribution in [2.75, 3.05) is 11.1 Å². The smallest absolute Gasteiger partial charge is 0.191 e. The highest BCUT2D eigenvalue weighted by Gasteiger charge is 2.46. The van der Waals surface area contributed by atoms with Crippen LogP contribution in [0.4, 0.5) is 5.82 Å². The summed E-state index contributed by atoms with van der Waals surface area (Å²) >= 11 is 1.57. The molecule has 0 spiro atoms. The third-order valence-corrected chi connectivity index (χ3v) is 7.81. The summed E-state index contributed by atoms with van der Waals surface area (Å²) in [5.41, 5.74) is 2.39. The highest BCUT2D eigenvalue weighted by molar-refractivity contribution is 7.99. The molecular formula is C22H26N10O2S. The fourth-order valence-corrected chi connectivity index (χ4v) is 5.53. The quantitative estimate of drug-likeness (QED) is 0.208. The molecule has 3 heterocycles. The average molecular weight is 495 g/mol. The second-order valence-electron chi connectivity index (χ2n) is 9.09. The third kappa shape index (κ3) is 4.13. The first kappa shape index (κ1) is 22.3. The third-order valence-electron chi connectivity index (χ3n) is 6.76. The minimum atomic E-state index is -1.07. The zero-order valence-electron chi connectivity index (χ0n) is 19.1. The molecule has 2 fully saturated rings. The van der Waals surface area contributed by atoms with E-state index in [0.29, 0.717) is 40.3 Å². The number of nitrogens with zero attached hydrogens (tertiary/aromatic N) is 8. The number of tetrazole rings is 1. The number of hydrogen-bond donors (Lipinski definition) is 4. The number of H-pyrrole nitrogens is 1. The molecular weight excluding hydrogens is 468 g/mol. The van der Waals surface area contributed by atoms with E-state index in [-0.39, 0.29) is 6.04 Å². The van der Waals surface area contributed by atoms with Crippen molar-refractivity contribution in [1.29, 1.82) is 0 Å². The van der Waals surface area contributed by atoms with E-state index in [0.717, 1.165) is 18.6 Å². The largest absolute Gasteiger partial charge is 0.390 e. The van der Waals surface area contributed by atoms with Gasteiger partial charge in [-0.05, 0) is 35.3 Å². The summed E-state index contributed by atoms with van der Waals surface area (Å²) < 4.78 is 1.61. The van der Waals surface area contributed by atoms with Gasteiger partial charge in [-0.15, -0.1) is 10.2 Å². The van der Waals surface area contributed by atoms with E-state index in [1.54, 1.807) is 16.4 Å². The summed E-state index contributed by atoms with van der Waals surface area (Å²) in [5.74, 6) is 1.93. The lowest BCUT2D eigenvalue weighted by Crippen LogP contribution is -2.29. The number of thioether (sulfide) groups is 1. The van der Waals surface area contributed by atoms with Crippen LogP contribution >= 0.6 is 11.8 Å². The molecule has 12 nitrogen and oxygen atoms in total. The van der Waals surface area contributed by atoms with Crippen LogP contribution in [-0.4, -0.2) is 79.8 Å². The van der Waals surface area contributed by atoms with Gasteiger partial charge in [0.15, 0.2) is 28.0 Å². The fraction of sp³-hybridized carbons (Fsp3) is 0.500. The maximum Gasteiger partial charge on any atom is 0.191 e. The van der Waals surface area contributed by atoms with Gasteiger partial charge in [-0.2, -0.15) is 0 Å². The van der Waals surface area contributed by atoms with Gasteiger partial charge >= 0.3 is 0 Å². The van der Waals surface area contributed by atoms with Crippen LogP contribution in [0.15, 0.2) is 35.5 Å². The molecule has 1 aromatic carbocycles. The molecule has 35 heavy (non-hydrogen) atoms. The van der Waals surface area contributed by atoms with Crippen LogP contribution in [0.3, 0.4) is 0 Å². The normalized spacial score (nSPS) is 28.0.